The summed E-state index contributed by atoms with van der Waals surface area (Å²) in [4.78, 5) is 0. The second-order valence-corrected chi connectivity index (χ2v) is 23.4. The molecule has 108 valence electrons. The first-order valence-corrected chi connectivity index (χ1v) is 18.2. The Morgan fingerprint density at radius 3 is 1.50 bits per heavy atom. The van der Waals surface area contributed by atoms with Gasteiger partial charge in [-0.3, -0.25) is 0 Å². The molecule has 0 aromatic carbocycles. The van der Waals surface area contributed by atoms with E-state index < -0.39 is 21.2 Å². The van der Waals surface area contributed by atoms with Gasteiger partial charge in [0.25, 0.3) is 0 Å². The maximum atomic E-state index is 5.90. The molecule has 0 rings (SSSR count). The SMILES string of the molecule is C=[C](OCC)[Pb]([CH2]CCC)([CH2]CCC)[CH2]CCC. The number of unbranched alkanes of at least 4 members (excludes halogenated alkanes) is 3. The van der Waals surface area contributed by atoms with Crippen molar-refractivity contribution in [1.82, 2.24) is 0 Å². The zero-order valence-electron chi connectivity index (χ0n) is 13.2. The zero-order chi connectivity index (χ0) is 13.9. The van der Waals surface area contributed by atoms with Gasteiger partial charge in [-0.2, -0.15) is 0 Å². The molecule has 1 nitrogen and oxygen atoms in total. The van der Waals surface area contributed by atoms with Crippen molar-refractivity contribution in [1.29, 1.82) is 0 Å². The van der Waals surface area contributed by atoms with Crippen molar-refractivity contribution in [3.8, 4) is 0 Å². The molecule has 0 atom stereocenters. The van der Waals surface area contributed by atoms with E-state index in [9.17, 15) is 0 Å². The molecule has 0 saturated heterocycles. The van der Waals surface area contributed by atoms with Crippen LogP contribution in [0.4, 0.5) is 0 Å². The average molecular weight is 450 g/mol. The van der Waals surface area contributed by atoms with Crippen molar-refractivity contribution in [2.45, 2.75) is 78.2 Å². The molecule has 0 bridgehead atoms. The van der Waals surface area contributed by atoms with E-state index in [1.807, 2.05) is 0 Å². The van der Waals surface area contributed by atoms with Crippen LogP contribution in [-0.4, -0.2) is 27.8 Å². The Balaban J connectivity index is 4.78. The van der Waals surface area contributed by atoms with Gasteiger partial charge in [-0.15, -0.1) is 0 Å². The van der Waals surface area contributed by atoms with E-state index in [-0.39, 0.29) is 0 Å². The number of ether oxygens (including phenoxy) is 1. The van der Waals surface area contributed by atoms with E-state index in [4.69, 9.17) is 4.74 Å². The molecule has 0 spiro atoms. The van der Waals surface area contributed by atoms with Gasteiger partial charge in [-0.05, 0) is 0 Å². The molecule has 0 amide bonds. The second kappa shape index (κ2) is 11.3. The fourth-order valence-electron chi connectivity index (χ4n) is 2.67. The van der Waals surface area contributed by atoms with Crippen LogP contribution in [0.3, 0.4) is 0 Å². The van der Waals surface area contributed by atoms with Crippen LogP contribution in [0.15, 0.2) is 9.90 Å². The van der Waals surface area contributed by atoms with Gasteiger partial charge < -0.3 is 0 Å². The molecule has 0 unspecified atom stereocenters. The normalized spacial score (nSPS) is 11.6. The van der Waals surface area contributed by atoms with Crippen molar-refractivity contribution < 1.29 is 4.74 Å². The zero-order valence-corrected chi connectivity index (χ0v) is 17.1. The van der Waals surface area contributed by atoms with Gasteiger partial charge in [0.15, 0.2) is 0 Å². The fourth-order valence-corrected chi connectivity index (χ4v) is 22.6. The molecule has 18 heavy (non-hydrogen) atoms. The molecule has 0 saturated carbocycles. The van der Waals surface area contributed by atoms with E-state index in [0.717, 1.165) is 6.61 Å². The number of rotatable bonds is 12. The Morgan fingerprint density at radius 2 is 1.22 bits per heavy atom. The third-order valence-corrected chi connectivity index (χ3v) is 24.4. The molecular weight excluding hydrogens is 415 g/mol. The Morgan fingerprint density at radius 1 is 0.833 bits per heavy atom. The van der Waals surface area contributed by atoms with Crippen LogP contribution in [-0.2, 0) is 4.74 Å². The Labute approximate surface area is 120 Å². The molecule has 0 aliphatic carbocycles. The topological polar surface area (TPSA) is 9.23 Å². The van der Waals surface area contributed by atoms with E-state index >= 15 is 0 Å². The summed E-state index contributed by atoms with van der Waals surface area (Å²) in [6.07, 6.45) is 8.13. The molecule has 0 N–H and O–H groups in total. The predicted molar refractivity (Wildman–Crippen MR) is 85.7 cm³/mol. The van der Waals surface area contributed by atoms with E-state index in [0.29, 0.717) is 0 Å². The number of hydrogen-bond donors (Lipinski definition) is 0. The second-order valence-electron chi connectivity index (χ2n) is 5.45. The summed E-state index contributed by atoms with van der Waals surface area (Å²) < 4.78 is 11.6. The van der Waals surface area contributed by atoms with Crippen LogP contribution >= 0.6 is 0 Å². The van der Waals surface area contributed by atoms with E-state index in [2.05, 4.69) is 34.3 Å². The molecule has 0 aliphatic rings. The molecule has 0 aliphatic heterocycles. The van der Waals surface area contributed by atoms with Gasteiger partial charge in [0.2, 0.25) is 0 Å². The van der Waals surface area contributed by atoms with E-state index in [1.165, 1.54) is 53.8 Å². The van der Waals surface area contributed by atoms with Gasteiger partial charge >= 0.3 is 121 Å². The third-order valence-electron chi connectivity index (χ3n) is 3.94. The van der Waals surface area contributed by atoms with Gasteiger partial charge in [0.1, 0.15) is 0 Å². The first-order chi connectivity index (χ1) is 8.66. The van der Waals surface area contributed by atoms with Gasteiger partial charge in [0.05, 0.1) is 0 Å². The van der Waals surface area contributed by atoms with E-state index in [1.54, 1.807) is 0 Å². The monoisotopic (exact) mass is 450 g/mol. The minimum atomic E-state index is -2.39. The van der Waals surface area contributed by atoms with Crippen LogP contribution in [0.1, 0.15) is 66.2 Å². The van der Waals surface area contributed by atoms with Gasteiger partial charge in [-0.1, -0.05) is 0 Å². The molecular formula is C16H34OPb. The Kier molecular flexibility index (Phi) is 11.6. The summed E-state index contributed by atoms with van der Waals surface area (Å²) in [6, 6.07) is 0. The summed E-state index contributed by atoms with van der Waals surface area (Å²) in [7, 11) is 0. The maximum absolute atomic E-state index is 5.90. The summed E-state index contributed by atoms with van der Waals surface area (Å²) in [5, 5.41) is 0. The third kappa shape index (κ3) is 6.58. The molecule has 0 aromatic heterocycles. The summed E-state index contributed by atoms with van der Waals surface area (Å²) in [5.74, 6) is 0. The van der Waals surface area contributed by atoms with Crippen LogP contribution < -0.4 is 0 Å². The first kappa shape index (κ1) is 18.5. The molecule has 2 heteroatoms. The quantitative estimate of drug-likeness (QED) is 0.265. The van der Waals surface area contributed by atoms with Crippen LogP contribution in [0.5, 0.6) is 0 Å². The molecule has 0 heterocycles. The van der Waals surface area contributed by atoms with Crippen LogP contribution in [0.2, 0.25) is 11.9 Å². The molecule has 0 aromatic rings. The van der Waals surface area contributed by atoms with Gasteiger partial charge in [-0.25, -0.2) is 0 Å². The van der Waals surface area contributed by atoms with Crippen molar-refractivity contribution in [3.63, 3.8) is 0 Å². The molecule has 0 fully saturated rings. The summed E-state index contributed by atoms with van der Waals surface area (Å²) >= 11 is -2.39. The first-order valence-electron chi connectivity index (χ1n) is 7.99. The Hall–Kier alpha value is 0.462. The van der Waals surface area contributed by atoms with Crippen molar-refractivity contribution in [3.05, 3.63) is 9.90 Å². The number of hydrogen-bond acceptors (Lipinski definition) is 1. The van der Waals surface area contributed by atoms with Gasteiger partial charge in [0, 0.05) is 0 Å². The summed E-state index contributed by atoms with van der Waals surface area (Å²) in [5.41, 5.74) is 0. The standard InChI is InChI=1S/C4H7O.3C4H9.Pb/c1-3-5-4-2;3*1-3-4-2;/h1,4H2,2H3;3*1,3-4H2,2H3;. The fraction of sp³-hybridized carbons (Fsp3) is 0.875. The Bertz CT molecular complexity index is 191. The van der Waals surface area contributed by atoms with Crippen molar-refractivity contribution >= 4 is 21.2 Å². The van der Waals surface area contributed by atoms with Crippen molar-refractivity contribution in [2.24, 2.45) is 0 Å². The average Bonchev–Trinajstić information content (AvgIpc) is 2.38. The summed E-state index contributed by atoms with van der Waals surface area (Å²) in [6.45, 7) is 14.2. The van der Waals surface area contributed by atoms with Crippen molar-refractivity contribution in [2.75, 3.05) is 6.61 Å². The van der Waals surface area contributed by atoms with Crippen LogP contribution in [0.25, 0.3) is 0 Å². The van der Waals surface area contributed by atoms with Crippen LogP contribution in [0, 0.1) is 0 Å². The minimum absolute atomic E-state index is 0.810. The molecule has 0 radical (unpaired) electrons. The predicted octanol–water partition coefficient (Wildman–Crippen LogP) is 5.92.